The third-order valence-electron chi connectivity index (χ3n) is 6.73. The van der Waals surface area contributed by atoms with Crippen LogP contribution in [0.4, 0.5) is 4.39 Å². The Morgan fingerprint density at radius 2 is 1.83 bits per heavy atom. The average molecular weight is 486 g/mol. The van der Waals surface area contributed by atoms with E-state index >= 15 is 4.39 Å². The first-order valence-electron chi connectivity index (χ1n) is 12.1. The normalized spacial score (nSPS) is 17.7. The van der Waals surface area contributed by atoms with E-state index in [4.69, 9.17) is 14.6 Å². The summed E-state index contributed by atoms with van der Waals surface area (Å²) >= 11 is 0. The van der Waals surface area contributed by atoms with Crippen molar-refractivity contribution in [2.45, 2.75) is 31.4 Å². The molecule has 36 heavy (non-hydrogen) atoms. The van der Waals surface area contributed by atoms with Gasteiger partial charge in [0.2, 0.25) is 0 Å². The molecule has 4 aromatic rings. The van der Waals surface area contributed by atoms with Crippen LogP contribution in [0, 0.1) is 5.82 Å². The van der Waals surface area contributed by atoms with Crippen LogP contribution in [0.5, 0.6) is 11.5 Å². The van der Waals surface area contributed by atoms with E-state index in [0.29, 0.717) is 24.3 Å². The summed E-state index contributed by atoms with van der Waals surface area (Å²) in [5.74, 6) is -0.617. The van der Waals surface area contributed by atoms with Crippen LogP contribution in [-0.4, -0.2) is 30.3 Å². The average Bonchev–Trinajstić information content (AvgIpc) is 2.90. The van der Waals surface area contributed by atoms with Gasteiger partial charge in [0.1, 0.15) is 23.4 Å². The number of fused-ring (bicyclic) bond motifs is 2. The Labute approximate surface area is 209 Å². The number of hydrogen-bond acceptors (Lipinski definition) is 4. The predicted molar refractivity (Wildman–Crippen MR) is 137 cm³/mol. The van der Waals surface area contributed by atoms with Crippen LogP contribution >= 0.6 is 0 Å². The molecule has 5 nitrogen and oxygen atoms in total. The molecule has 0 amide bonds. The number of aliphatic carboxylic acids is 1. The van der Waals surface area contributed by atoms with Crippen LogP contribution in [0.15, 0.2) is 84.9 Å². The van der Waals surface area contributed by atoms with E-state index in [1.807, 2.05) is 36.4 Å². The molecule has 2 N–H and O–H groups in total. The van der Waals surface area contributed by atoms with Crippen LogP contribution in [0.1, 0.15) is 42.0 Å². The first-order chi connectivity index (χ1) is 17.5. The number of carbonyl (C=O) groups is 1. The maximum absolute atomic E-state index is 15.0. The lowest BCUT2D eigenvalue weighted by molar-refractivity contribution is -0.139. The minimum atomic E-state index is -1.08. The van der Waals surface area contributed by atoms with Crippen LogP contribution in [0.2, 0.25) is 0 Å². The Morgan fingerprint density at radius 1 is 1.06 bits per heavy atom. The zero-order valence-corrected chi connectivity index (χ0v) is 20.0. The molecule has 184 valence electrons. The number of ether oxygens (including phenoxy) is 2. The second-order valence-corrected chi connectivity index (χ2v) is 9.13. The number of para-hydroxylation sites is 1. The molecule has 0 radical (unpaired) electrons. The van der Waals surface area contributed by atoms with Crippen molar-refractivity contribution in [2.24, 2.45) is 0 Å². The van der Waals surface area contributed by atoms with E-state index < -0.39 is 12.6 Å². The van der Waals surface area contributed by atoms with Gasteiger partial charge in [0.05, 0.1) is 0 Å². The third-order valence-corrected chi connectivity index (χ3v) is 6.73. The van der Waals surface area contributed by atoms with Gasteiger partial charge in [-0.2, -0.15) is 0 Å². The van der Waals surface area contributed by atoms with E-state index in [1.54, 1.807) is 6.07 Å². The lowest BCUT2D eigenvalue weighted by Gasteiger charge is -2.33. The largest absolute Gasteiger partial charge is 0.489 e. The van der Waals surface area contributed by atoms with Gasteiger partial charge in [0.25, 0.3) is 0 Å². The zero-order valence-electron chi connectivity index (χ0n) is 20.0. The first kappa shape index (κ1) is 23.8. The molecule has 1 unspecified atom stereocenters. The van der Waals surface area contributed by atoms with Gasteiger partial charge in [-0.05, 0) is 59.5 Å². The number of carboxylic acid groups (broad SMARTS) is 1. The van der Waals surface area contributed by atoms with Crippen molar-refractivity contribution in [1.29, 1.82) is 0 Å². The molecule has 0 saturated carbocycles. The predicted octanol–water partition coefficient (Wildman–Crippen LogP) is 6.08. The Morgan fingerprint density at radius 3 is 2.69 bits per heavy atom. The molecule has 5 rings (SSSR count). The maximum atomic E-state index is 15.0. The SMILES string of the molecule is CC(NC[C@H]1C[C@@H](c2cc(OCC(=O)O)ccc2F)c2ccccc2O1)c1cccc2ccccc12. The van der Waals surface area contributed by atoms with Gasteiger partial charge in [-0.15, -0.1) is 0 Å². The molecule has 0 spiro atoms. The van der Waals surface area contributed by atoms with Gasteiger partial charge < -0.3 is 19.9 Å². The van der Waals surface area contributed by atoms with Crippen LogP contribution in [0.25, 0.3) is 10.8 Å². The van der Waals surface area contributed by atoms with E-state index in [-0.39, 0.29) is 23.9 Å². The summed E-state index contributed by atoms with van der Waals surface area (Å²) < 4.78 is 26.7. The minimum Gasteiger partial charge on any atom is -0.489 e. The smallest absolute Gasteiger partial charge is 0.341 e. The van der Waals surface area contributed by atoms with Crippen molar-refractivity contribution in [1.82, 2.24) is 5.32 Å². The molecule has 3 atom stereocenters. The van der Waals surface area contributed by atoms with Crippen molar-refractivity contribution in [3.8, 4) is 11.5 Å². The first-order valence-corrected chi connectivity index (χ1v) is 12.1. The van der Waals surface area contributed by atoms with Crippen LogP contribution < -0.4 is 14.8 Å². The highest BCUT2D eigenvalue weighted by Gasteiger charge is 2.31. The summed E-state index contributed by atoms with van der Waals surface area (Å²) in [5.41, 5.74) is 2.60. The van der Waals surface area contributed by atoms with E-state index in [9.17, 15) is 4.79 Å². The minimum absolute atomic E-state index is 0.0970. The third kappa shape index (κ3) is 5.04. The lowest BCUT2D eigenvalue weighted by atomic mass is 9.83. The van der Waals surface area contributed by atoms with Gasteiger partial charge in [0, 0.05) is 24.1 Å². The molecule has 4 aromatic carbocycles. The second kappa shape index (κ2) is 10.4. The standard InChI is InChI=1S/C30H28FNO4/c1-19(23-11-6-8-20-7-2-3-9-24(20)23)32-17-22-16-26(25-10-4-5-12-29(25)36-22)27-15-21(13-14-28(27)31)35-18-30(33)34/h2-15,19,22,26,32H,16-18H2,1H3,(H,33,34)/t19?,22-,26-/m1/s1. The summed E-state index contributed by atoms with van der Waals surface area (Å²) in [6.45, 7) is 2.25. The number of benzene rings is 4. The fraction of sp³-hybridized carbons (Fsp3) is 0.233. The maximum Gasteiger partial charge on any atom is 0.341 e. The molecule has 0 fully saturated rings. The summed E-state index contributed by atoms with van der Waals surface area (Å²) in [4.78, 5) is 10.9. The van der Waals surface area contributed by atoms with Gasteiger partial charge >= 0.3 is 5.97 Å². The molecule has 0 bridgehead atoms. The molecule has 0 aliphatic carbocycles. The van der Waals surface area contributed by atoms with Crippen LogP contribution in [-0.2, 0) is 4.79 Å². The van der Waals surface area contributed by atoms with Crippen molar-refractivity contribution in [3.63, 3.8) is 0 Å². The number of carboxylic acids is 1. The summed E-state index contributed by atoms with van der Waals surface area (Å²) in [6.07, 6.45) is 0.399. The number of nitrogens with one attached hydrogen (secondary N) is 1. The fourth-order valence-corrected chi connectivity index (χ4v) is 4.98. The monoisotopic (exact) mass is 485 g/mol. The fourth-order valence-electron chi connectivity index (χ4n) is 4.98. The van der Waals surface area contributed by atoms with Gasteiger partial charge in [-0.25, -0.2) is 9.18 Å². The molecule has 0 saturated heterocycles. The Kier molecular flexibility index (Phi) is 6.87. The Hall–Kier alpha value is -3.90. The van der Waals surface area contributed by atoms with E-state index in [1.165, 1.54) is 28.5 Å². The molecule has 1 aliphatic rings. The summed E-state index contributed by atoms with van der Waals surface area (Å²) in [7, 11) is 0. The highest BCUT2D eigenvalue weighted by Crippen LogP contribution is 2.42. The molecular weight excluding hydrogens is 457 g/mol. The van der Waals surface area contributed by atoms with E-state index in [0.717, 1.165) is 11.3 Å². The molecule has 1 heterocycles. The summed E-state index contributed by atoms with van der Waals surface area (Å²) in [6, 6.07) is 26.8. The van der Waals surface area contributed by atoms with Gasteiger partial charge in [-0.1, -0.05) is 60.7 Å². The van der Waals surface area contributed by atoms with E-state index in [2.05, 4.69) is 42.6 Å². The molecule has 6 heteroatoms. The number of hydrogen-bond donors (Lipinski definition) is 2. The number of halogens is 1. The Bertz CT molecular complexity index is 1380. The highest BCUT2D eigenvalue weighted by molar-refractivity contribution is 5.86. The topological polar surface area (TPSA) is 67.8 Å². The quantitative estimate of drug-likeness (QED) is 0.317. The Balaban J connectivity index is 1.37. The molecule has 0 aromatic heterocycles. The van der Waals surface area contributed by atoms with Gasteiger partial charge in [0.15, 0.2) is 6.61 Å². The summed E-state index contributed by atoms with van der Waals surface area (Å²) in [5, 5.41) is 15.0. The van der Waals surface area contributed by atoms with Crippen molar-refractivity contribution >= 4 is 16.7 Å². The molecule has 1 aliphatic heterocycles. The lowest BCUT2D eigenvalue weighted by Crippen LogP contribution is -2.37. The van der Waals surface area contributed by atoms with Crippen molar-refractivity contribution < 1.29 is 23.8 Å². The van der Waals surface area contributed by atoms with Gasteiger partial charge in [-0.3, -0.25) is 0 Å². The number of rotatable bonds is 8. The van der Waals surface area contributed by atoms with Crippen molar-refractivity contribution in [3.05, 3.63) is 107 Å². The second-order valence-electron chi connectivity index (χ2n) is 9.13. The van der Waals surface area contributed by atoms with Crippen LogP contribution in [0.3, 0.4) is 0 Å². The zero-order chi connectivity index (χ0) is 25.1. The molecular formula is C30H28FNO4. The highest BCUT2D eigenvalue weighted by atomic mass is 19.1. The van der Waals surface area contributed by atoms with Crippen molar-refractivity contribution in [2.75, 3.05) is 13.2 Å².